The van der Waals surface area contributed by atoms with Gasteiger partial charge in [-0.1, -0.05) is 77.2 Å². The first-order chi connectivity index (χ1) is 9.81. The van der Waals surface area contributed by atoms with Crippen LogP contribution in [0.5, 0.6) is 0 Å². The smallest absolute Gasteiger partial charge is 0.0618 e. The summed E-state index contributed by atoms with van der Waals surface area (Å²) in [6.45, 7) is 2.31. The molecule has 0 saturated carbocycles. The van der Waals surface area contributed by atoms with Gasteiger partial charge in [-0.2, -0.15) is 0 Å². The van der Waals surface area contributed by atoms with E-state index in [-0.39, 0.29) is 12.6 Å². The van der Waals surface area contributed by atoms with Crippen LogP contribution >= 0.6 is 11.8 Å². The van der Waals surface area contributed by atoms with Gasteiger partial charge in [0.05, 0.1) is 6.61 Å². The Morgan fingerprint density at radius 1 is 0.900 bits per heavy atom. The molecule has 0 aliphatic carbocycles. The Morgan fingerprint density at radius 3 is 1.90 bits per heavy atom. The minimum absolute atomic E-state index is 0.0372. The van der Waals surface area contributed by atoms with Crippen molar-refractivity contribution >= 4 is 11.8 Å². The lowest BCUT2D eigenvalue weighted by molar-refractivity contribution is 0.284. The molecule has 0 aliphatic rings. The van der Waals surface area contributed by atoms with Crippen LogP contribution in [-0.2, 0) is 0 Å². The third-order valence-electron chi connectivity index (χ3n) is 3.50. The number of unbranched alkanes of at least 4 members (excludes halogenated alkanes) is 10. The van der Waals surface area contributed by atoms with Crippen LogP contribution in [0.15, 0.2) is 11.5 Å². The number of nitrogens with two attached hydrogens (primary N) is 1. The van der Waals surface area contributed by atoms with Crippen molar-refractivity contribution in [2.45, 2.75) is 83.6 Å². The first-order valence-corrected chi connectivity index (χ1v) is 9.50. The fourth-order valence-electron chi connectivity index (χ4n) is 2.13. The van der Waals surface area contributed by atoms with E-state index in [0.717, 1.165) is 0 Å². The lowest BCUT2D eigenvalue weighted by Gasteiger charge is -2.02. The van der Waals surface area contributed by atoms with Crippen molar-refractivity contribution < 1.29 is 5.11 Å². The van der Waals surface area contributed by atoms with Crippen molar-refractivity contribution in [2.24, 2.45) is 5.73 Å². The Labute approximate surface area is 130 Å². The molecule has 0 heterocycles. The maximum atomic E-state index is 8.75. The molecule has 0 spiro atoms. The van der Waals surface area contributed by atoms with Gasteiger partial charge in [-0.05, 0) is 17.6 Å². The summed E-state index contributed by atoms with van der Waals surface area (Å²) in [4.78, 5) is 0. The minimum atomic E-state index is -0.195. The fraction of sp³-hybridized carbons (Fsp3) is 0.882. The Bertz CT molecular complexity index is 209. The maximum Gasteiger partial charge on any atom is 0.0618 e. The van der Waals surface area contributed by atoms with E-state index in [9.17, 15) is 0 Å². The van der Waals surface area contributed by atoms with Gasteiger partial charge in [-0.15, -0.1) is 11.8 Å². The van der Waals surface area contributed by atoms with E-state index in [2.05, 4.69) is 6.92 Å². The Morgan fingerprint density at radius 2 is 1.40 bits per heavy atom. The summed E-state index contributed by atoms with van der Waals surface area (Å²) < 4.78 is 0. The van der Waals surface area contributed by atoms with E-state index in [0.29, 0.717) is 0 Å². The number of hydrogen-bond acceptors (Lipinski definition) is 3. The Balaban J connectivity index is 3.04. The SMILES string of the molecule is CCCCCCCCCCCCCS/C=C/[C@@H](N)CO. The molecule has 0 fully saturated rings. The first kappa shape index (κ1) is 20.0. The third-order valence-corrected chi connectivity index (χ3v) is 4.37. The minimum Gasteiger partial charge on any atom is -0.394 e. The molecule has 0 saturated heterocycles. The van der Waals surface area contributed by atoms with Gasteiger partial charge >= 0.3 is 0 Å². The van der Waals surface area contributed by atoms with Crippen LogP contribution in [0.25, 0.3) is 0 Å². The molecule has 0 amide bonds. The molecule has 0 aromatic rings. The summed E-state index contributed by atoms with van der Waals surface area (Å²) in [6.07, 6.45) is 17.2. The summed E-state index contributed by atoms with van der Waals surface area (Å²) >= 11 is 1.80. The highest BCUT2D eigenvalue weighted by atomic mass is 32.2. The van der Waals surface area contributed by atoms with Crippen LogP contribution in [-0.4, -0.2) is 23.5 Å². The second-order valence-corrected chi connectivity index (χ2v) is 6.60. The highest BCUT2D eigenvalue weighted by molar-refractivity contribution is 8.02. The highest BCUT2D eigenvalue weighted by Gasteiger charge is 1.94. The maximum absolute atomic E-state index is 8.75. The molecule has 0 radical (unpaired) electrons. The van der Waals surface area contributed by atoms with Crippen molar-refractivity contribution in [2.75, 3.05) is 12.4 Å². The monoisotopic (exact) mass is 301 g/mol. The fourth-order valence-corrected chi connectivity index (χ4v) is 2.95. The zero-order chi connectivity index (χ0) is 14.9. The second-order valence-electron chi connectivity index (χ2n) is 5.58. The van der Waals surface area contributed by atoms with Crippen LogP contribution in [0.2, 0.25) is 0 Å². The molecule has 3 N–H and O–H groups in total. The van der Waals surface area contributed by atoms with Gasteiger partial charge < -0.3 is 10.8 Å². The van der Waals surface area contributed by atoms with Crippen molar-refractivity contribution in [1.29, 1.82) is 0 Å². The zero-order valence-corrected chi connectivity index (χ0v) is 14.2. The van der Waals surface area contributed by atoms with Crippen LogP contribution in [0.1, 0.15) is 77.6 Å². The predicted molar refractivity (Wildman–Crippen MR) is 93.1 cm³/mol. The van der Waals surface area contributed by atoms with E-state index < -0.39 is 0 Å². The molecule has 3 heteroatoms. The predicted octanol–water partition coefficient (Wildman–Crippen LogP) is 4.86. The Kier molecular flexibility index (Phi) is 17.1. The molecule has 0 rings (SSSR count). The van der Waals surface area contributed by atoms with Gasteiger partial charge in [0, 0.05) is 6.04 Å². The molecular formula is C17H35NOS. The number of thioether (sulfide) groups is 1. The summed E-state index contributed by atoms with van der Waals surface area (Å²) in [5.41, 5.74) is 5.57. The van der Waals surface area contributed by atoms with Gasteiger partial charge in [-0.3, -0.25) is 0 Å². The van der Waals surface area contributed by atoms with Crippen LogP contribution < -0.4 is 5.73 Å². The van der Waals surface area contributed by atoms with Gasteiger partial charge in [-0.25, -0.2) is 0 Å². The second kappa shape index (κ2) is 17.1. The normalized spacial score (nSPS) is 13.2. The van der Waals surface area contributed by atoms with Crippen LogP contribution in [0.3, 0.4) is 0 Å². The van der Waals surface area contributed by atoms with E-state index in [1.807, 2.05) is 11.5 Å². The first-order valence-electron chi connectivity index (χ1n) is 8.46. The molecule has 0 bridgehead atoms. The molecule has 0 unspecified atom stereocenters. The van der Waals surface area contributed by atoms with Crippen LogP contribution in [0.4, 0.5) is 0 Å². The Hall–Kier alpha value is 0.01000. The standard InChI is InChI=1S/C17H35NOS/c1-2-3-4-5-6-7-8-9-10-11-12-14-20-15-13-17(18)16-19/h13,15,17,19H,2-12,14,16,18H2,1H3/b15-13+/t17-/m1/s1. The summed E-state index contributed by atoms with van der Waals surface area (Å²) in [5, 5.41) is 10.8. The molecular weight excluding hydrogens is 266 g/mol. The summed E-state index contributed by atoms with van der Waals surface area (Å²) in [6, 6.07) is -0.195. The molecule has 20 heavy (non-hydrogen) atoms. The largest absolute Gasteiger partial charge is 0.394 e. The lowest BCUT2D eigenvalue weighted by atomic mass is 10.1. The van der Waals surface area contributed by atoms with Crippen molar-refractivity contribution in [3.8, 4) is 0 Å². The molecule has 0 aliphatic heterocycles. The number of aliphatic hydroxyl groups excluding tert-OH is 1. The average molecular weight is 302 g/mol. The average Bonchev–Trinajstić information content (AvgIpc) is 2.47. The van der Waals surface area contributed by atoms with Crippen molar-refractivity contribution in [3.63, 3.8) is 0 Å². The quantitative estimate of drug-likeness (QED) is 0.424. The molecule has 120 valence electrons. The van der Waals surface area contributed by atoms with E-state index in [4.69, 9.17) is 10.8 Å². The molecule has 2 nitrogen and oxygen atoms in total. The van der Waals surface area contributed by atoms with Crippen molar-refractivity contribution in [1.82, 2.24) is 0 Å². The topological polar surface area (TPSA) is 46.2 Å². The van der Waals surface area contributed by atoms with Crippen molar-refractivity contribution in [3.05, 3.63) is 11.5 Å². The van der Waals surface area contributed by atoms with E-state index >= 15 is 0 Å². The molecule has 0 aromatic heterocycles. The summed E-state index contributed by atoms with van der Waals surface area (Å²) in [7, 11) is 0. The molecule has 1 atom stereocenters. The third kappa shape index (κ3) is 16.1. The number of aliphatic hydroxyl groups is 1. The van der Waals surface area contributed by atoms with Gasteiger partial charge in [0.25, 0.3) is 0 Å². The summed E-state index contributed by atoms with van der Waals surface area (Å²) in [5.74, 6) is 1.17. The van der Waals surface area contributed by atoms with E-state index in [1.54, 1.807) is 11.8 Å². The molecule has 0 aromatic carbocycles. The number of rotatable bonds is 15. The van der Waals surface area contributed by atoms with E-state index in [1.165, 1.54) is 76.4 Å². The van der Waals surface area contributed by atoms with Crippen LogP contribution in [0, 0.1) is 0 Å². The van der Waals surface area contributed by atoms with Gasteiger partial charge in [0.1, 0.15) is 0 Å². The highest BCUT2D eigenvalue weighted by Crippen LogP contribution is 2.13. The zero-order valence-electron chi connectivity index (χ0n) is 13.4. The number of hydrogen-bond donors (Lipinski definition) is 2. The van der Waals surface area contributed by atoms with Gasteiger partial charge in [0.2, 0.25) is 0 Å². The lowest BCUT2D eigenvalue weighted by Crippen LogP contribution is -2.20. The van der Waals surface area contributed by atoms with Gasteiger partial charge in [0.15, 0.2) is 0 Å².